The van der Waals surface area contributed by atoms with Gasteiger partial charge >= 0.3 is 0 Å². The van der Waals surface area contributed by atoms with E-state index in [9.17, 15) is 4.79 Å². The van der Waals surface area contributed by atoms with E-state index in [0.29, 0.717) is 36.8 Å². The van der Waals surface area contributed by atoms with Gasteiger partial charge in [-0.1, -0.05) is 0 Å². The standard InChI is InChI=1S/C13H16BrNO4/c1-8(16)2-3-13(17)15-10-7-12-11(6-9(10)14)18-4-5-19-12/h6-8,16H,2-5H2,1H3,(H,15,17). The predicted molar refractivity (Wildman–Crippen MR) is 74.7 cm³/mol. The Hall–Kier alpha value is -1.27. The van der Waals surface area contributed by atoms with E-state index in [2.05, 4.69) is 21.2 Å². The molecule has 0 bridgehead atoms. The van der Waals surface area contributed by atoms with E-state index in [-0.39, 0.29) is 12.3 Å². The predicted octanol–water partition coefficient (Wildman–Crippen LogP) is 2.32. The lowest BCUT2D eigenvalue weighted by molar-refractivity contribution is -0.116. The fourth-order valence-corrected chi connectivity index (χ4v) is 2.13. The van der Waals surface area contributed by atoms with Gasteiger partial charge in [-0.05, 0) is 29.3 Å². The van der Waals surface area contributed by atoms with Crippen LogP contribution in [0.3, 0.4) is 0 Å². The monoisotopic (exact) mass is 329 g/mol. The van der Waals surface area contributed by atoms with Crippen LogP contribution in [-0.2, 0) is 4.79 Å². The molecule has 1 aliphatic rings. The molecule has 0 fully saturated rings. The molecule has 1 aromatic carbocycles. The van der Waals surface area contributed by atoms with E-state index in [1.165, 1.54) is 0 Å². The number of carbonyl (C=O) groups excluding carboxylic acids is 1. The van der Waals surface area contributed by atoms with Crippen LogP contribution in [0.15, 0.2) is 16.6 Å². The summed E-state index contributed by atoms with van der Waals surface area (Å²) >= 11 is 3.38. The van der Waals surface area contributed by atoms with Crippen molar-refractivity contribution in [2.75, 3.05) is 18.5 Å². The van der Waals surface area contributed by atoms with Crippen LogP contribution in [0.4, 0.5) is 5.69 Å². The minimum absolute atomic E-state index is 0.140. The number of ether oxygens (including phenoxy) is 2. The number of amides is 1. The number of hydrogen-bond acceptors (Lipinski definition) is 4. The molecule has 0 saturated heterocycles. The lowest BCUT2D eigenvalue weighted by Crippen LogP contribution is -2.17. The number of carbonyl (C=O) groups is 1. The average molecular weight is 330 g/mol. The zero-order chi connectivity index (χ0) is 13.8. The molecule has 2 rings (SSSR count). The normalized spacial score (nSPS) is 14.9. The third-order valence-electron chi connectivity index (χ3n) is 2.70. The minimum Gasteiger partial charge on any atom is -0.486 e. The van der Waals surface area contributed by atoms with Gasteiger partial charge in [-0.3, -0.25) is 4.79 Å². The zero-order valence-electron chi connectivity index (χ0n) is 10.6. The summed E-state index contributed by atoms with van der Waals surface area (Å²) in [7, 11) is 0. The summed E-state index contributed by atoms with van der Waals surface area (Å²) in [5, 5.41) is 11.9. The number of nitrogens with one attached hydrogen (secondary N) is 1. The maximum absolute atomic E-state index is 11.7. The Labute approximate surface area is 120 Å². The third-order valence-corrected chi connectivity index (χ3v) is 3.35. The molecule has 6 heteroatoms. The van der Waals surface area contributed by atoms with Crippen molar-refractivity contribution in [3.63, 3.8) is 0 Å². The van der Waals surface area contributed by atoms with Crippen LogP contribution in [0.25, 0.3) is 0 Å². The van der Waals surface area contributed by atoms with Crippen molar-refractivity contribution in [2.45, 2.75) is 25.9 Å². The number of aliphatic hydroxyl groups excluding tert-OH is 1. The first-order valence-corrected chi connectivity index (χ1v) is 6.92. The van der Waals surface area contributed by atoms with E-state index in [4.69, 9.17) is 14.6 Å². The molecule has 104 valence electrons. The summed E-state index contributed by atoms with van der Waals surface area (Å²) in [5.74, 6) is 1.15. The van der Waals surface area contributed by atoms with Gasteiger partial charge in [0.05, 0.1) is 11.8 Å². The van der Waals surface area contributed by atoms with Gasteiger partial charge in [-0.25, -0.2) is 0 Å². The van der Waals surface area contributed by atoms with Crippen molar-refractivity contribution in [3.8, 4) is 11.5 Å². The van der Waals surface area contributed by atoms with Gasteiger partial charge in [-0.15, -0.1) is 0 Å². The molecule has 0 aliphatic carbocycles. The Morgan fingerprint density at radius 3 is 2.68 bits per heavy atom. The zero-order valence-corrected chi connectivity index (χ0v) is 12.2. The van der Waals surface area contributed by atoms with Gasteiger partial charge in [0.25, 0.3) is 0 Å². The first-order valence-electron chi connectivity index (χ1n) is 6.13. The molecule has 0 saturated carbocycles. The van der Waals surface area contributed by atoms with Gasteiger partial charge in [-0.2, -0.15) is 0 Å². The van der Waals surface area contributed by atoms with Gasteiger partial charge in [0.1, 0.15) is 13.2 Å². The number of rotatable bonds is 4. The molecule has 0 aromatic heterocycles. The van der Waals surface area contributed by atoms with Crippen LogP contribution in [0, 0.1) is 0 Å². The second-order valence-corrected chi connectivity index (χ2v) is 5.27. The average Bonchev–Trinajstić information content (AvgIpc) is 2.37. The van der Waals surface area contributed by atoms with Crippen molar-refractivity contribution in [3.05, 3.63) is 16.6 Å². The summed E-state index contributed by atoms with van der Waals surface area (Å²) < 4.78 is 11.6. The van der Waals surface area contributed by atoms with Gasteiger partial charge < -0.3 is 19.9 Å². The molecule has 0 radical (unpaired) electrons. The summed E-state index contributed by atoms with van der Waals surface area (Å²) in [6.45, 7) is 2.69. The van der Waals surface area contributed by atoms with Crippen LogP contribution in [-0.4, -0.2) is 30.3 Å². The number of anilines is 1. The first-order chi connectivity index (χ1) is 9.06. The third kappa shape index (κ3) is 3.84. The molecule has 2 N–H and O–H groups in total. The van der Waals surface area contributed by atoms with Crippen molar-refractivity contribution >= 4 is 27.5 Å². The van der Waals surface area contributed by atoms with Crippen LogP contribution in [0.2, 0.25) is 0 Å². The fraction of sp³-hybridized carbons (Fsp3) is 0.462. The smallest absolute Gasteiger partial charge is 0.224 e. The highest BCUT2D eigenvalue weighted by molar-refractivity contribution is 9.10. The Bertz CT molecular complexity index is 476. The molecule has 1 atom stereocenters. The second kappa shape index (κ2) is 6.25. The van der Waals surface area contributed by atoms with Crippen molar-refractivity contribution in [1.29, 1.82) is 0 Å². The summed E-state index contributed by atoms with van der Waals surface area (Å²) in [4.78, 5) is 11.7. The SMILES string of the molecule is CC(O)CCC(=O)Nc1cc2c(cc1Br)OCCO2. The molecular weight excluding hydrogens is 314 g/mol. The maximum Gasteiger partial charge on any atom is 0.224 e. The first kappa shape index (κ1) is 14.1. The van der Waals surface area contributed by atoms with Crippen LogP contribution >= 0.6 is 15.9 Å². The summed E-state index contributed by atoms with van der Waals surface area (Å²) in [6.07, 6.45) is 0.237. The van der Waals surface area contributed by atoms with Crippen LogP contribution in [0.5, 0.6) is 11.5 Å². The highest BCUT2D eigenvalue weighted by atomic mass is 79.9. The van der Waals surface area contributed by atoms with Crippen LogP contribution in [0.1, 0.15) is 19.8 Å². The number of halogens is 1. The Balaban J connectivity index is 2.05. The summed E-state index contributed by atoms with van der Waals surface area (Å²) in [5.41, 5.74) is 0.639. The van der Waals surface area contributed by atoms with Gasteiger partial charge in [0.15, 0.2) is 11.5 Å². The van der Waals surface area contributed by atoms with E-state index in [0.717, 1.165) is 4.47 Å². The van der Waals surface area contributed by atoms with E-state index >= 15 is 0 Å². The lowest BCUT2D eigenvalue weighted by atomic mass is 10.2. The Morgan fingerprint density at radius 2 is 2.05 bits per heavy atom. The molecule has 1 unspecified atom stereocenters. The highest BCUT2D eigenvalue weighted by Crippen LogP contribution is 2.38. The Kier molecular flexibility index (Phi) is 4.66. The van der Waals surface area contributed by atoms with E-state index in [1.54, 1.807) is 19.1 Å². The second-order valence-electron chi connectivity index (χ2n) is 4.41. The van der Waals surface area contributed by atoms with Crippen molar-refractivity contribution in [2.24, 2.45) is 0 Å². The molecule has 0 spiro atoms. The molecular formula is C13H16BrNO4. The Morgan fingerprint density at radius 1 is 1.42 bits per heavy atom. The molecule has 1 aliphatic heterocycles. The molecule has 19 heavy (non-hydrogen) atoms. The molecule has 1 aromatic rings. The lowest BCUT2D eigenvalue weighted by Gasteiger charge is -2.20. The molecule has 1 amide bonds. The fourth-order valence-electron chi connectivity index (χ4n) is 1.71. The topological polar surface area (TPSA) is 67.8 Å². The minimum atomic E-state index is -0.477. The van der Waals surface area contributed by atoms with Crippen molar-refractivity contribution < 1.29 is 19.4 Å². The summed E-state index contributed by atoms with van der Waals surface area (Å²) in [6, 6.07) is 3.51. The van der Waals surface area contributed by atoms with Crippen molar-refractivity contribution in [1.82, 2.24) is 0 Å². The largest absolute Gasteiger partial charge is 0.486 e. The maximum atomic E-state index is 11.7. The van der Waals surface area contributed by atoms with Gasteiger partial charge in [0.2, 0.25) is 5.91 Å². The number of fused-ring (bicyclic) bond motifs is 1. The highest BCUT2D eigenvalue weighted by Gasteiger charge is 2.16. The van der Waals surface area contributed by atoms with Gasteiger partial charge in [0, 0.05) is 23.0 Å². The quantitative estimate of drug-likeness (QED) is 0.889. The number of hydrogen-bond donors (Lipinski definition) is 2. The van der Waals surface area contributed by atoms with Crippen LogP contribution < -0.4 is 14.8 Å². The number of aliphatic hydroxyl groups is 1. The molecule has 1 heterocycles. The number of benzene rings is 1. The van der Waals surface area contributed by atoms with E-state index < -0.39 is 6.10 Å². The molecule has 5 nitrogen and oxygen atoms in total. The van der Waals surface area contributed by atoms with E-state index in [1.807, 2.05) is 0 Å².